The molecule has 0 fully saturated rings. The van der Waals surface area contributed by atoms with E-state index in [0.717, 1.165) is 57.1 Å². The zero-order chi connectivity index (χ0) is 32.5. The van der Waals surface area contributed by atoms with Crippen LogP contribution in [0.5, 0.6) is 17.2 Å². The van der Waals surface area contributed by atoms with E-state index in [9.17, 15) is 4.79 Å². The average Bonchev–Trinajstić information content (AvgIpc) is 3.73. The lowest BCUT2D eigenvalue weighted by Gasteiger charge is -2.37. The van der Waals surface area contributed by atoms with Gasteiger partial charge >= 0.3 is 0 Å². The fourth-order valence-corrected chi connectivity index (χ4v) is 6.15. The van der Waals surface area contributed by atoms with Gasteiger partial charge in [0, 0.05) is 29.4 Å². The fraction of sp³-hybridized carbons (Fsp3) is 0.184. The van der Waals surface area contributed by atoms with E-state index in [2.05, 4.69) is 24.0 Å². The Bertz CT molecular complexity index is 1980. The van der Waals surface area contributed by atoms with Crippen LogP contribution < -0.4 is 19.2 Å². The van der Waals surface area contributed by atoms with Gasteiger partial charge in [0.1, 0.15) is 5.75 Å². The maximum Gasteiger partial charge on any atom is 0.222 e. The van der Waals surface area contributed by atoms with Gasteiger partial charge in [-0.15, -0.1) is 5.10 Å². The van der Waals surface area contributed by atoms with E-state index in [-0.39, 0.29) is 11.9 Å². The number of ether oxygens (including phenoxy) is 3. The molecule has 1 atom stereocenters. The summed E-state index contributed by atoms with van der Waals surface area (Å²) in [6.45, 7) is 2.67. The molecule has 0 aliphatic carbocycles. The third kappa shape index (κ3) is 5.61. The topological polar surface area (TPSA) is 81.4 Å². The summed E-state index contributed by atoms with van der Waals surface area (Å²) in [5, 5.41) is 11.8. The highest BCUT2D eigenvalue weighted by molar-refractivity contribution is 6.44. The van der Waals surface area contributed by atoms with Crippen LogP contribution in [0.25, 0.3) is 23.0 Å². The molecule has 0 saturated carbocycles. The second-order valence-corrected chi connectivity index (χ2v) is 11.5. The Labute approximate surface area is 273 Å². The molecule has 3 heterocycles. The van der Waals surface area contributed by atoms with Crippen LogP contribution in [0.4, 0.5) is 5.69 Å². The Morgan fingerprint density at radius 1 is 0.851 bits per heavy atom. The number of fused-ring (bicyclic) bond motifs is 3. The first-order valence-electron chi connectivity index (χ1n) is 15.4. The van der Waals surface area contributed by atoms with Crippen LogP contribution in [0.3, 0.4) is 0 Å². The second kappa shape index (κ2) is 12.5. The lowest BCUT2D eigenvalue weighted by atomic mass is 9.95. The zero-order valence-electron chi connectivity index (χ0n) is 26.8. The first-order valence-corrected chi connectivity index (χ1v) is 15.4. The van der Waals surface area contributed by atoms with Crippen LogP contribution in [0.2, 0.25) is 0 Å². The summed E-state index contributed by atoms with van der Waals surface area (Å²) in [4.78, 5) is 16.2. The number of para-hydroxylation sites is 1. The number of aromatic nitrogens is 2. The molecular weight excluding hydrogens is 590 g/mol. The third-order valence-corrected chi connectivity index (χ3v) is 8.61. The highest BCUT2D eigenvalue weighted by Gasteiger charge is 2.42. The van der Waals surface area contributed by atoms with E-state index < -0.39 is 0 Å². The zero-order valence-corrected chi connectivity index (χ0v) is 26.8. The van der Waals surface area contributed by atoms with Crippen LogP contribution in [0, 0.1) is 6.92 Å². The van der Waals surface area contributed by atoms with E-state index in [1.807, 2.05) is 101 Å². The van der Waals surface area contributed by atoms with Gasteiger partial charge in [-0.05, 0) is 91.7 Å². The van der Waals surface area contributed by atoms with Gasteiger partial charge < -0.3 is 19.1 Å². The van der Waals surface area contributed by atoms with E-state index in [0.29, 0.717) is 23.9 Å². The largest absolute Gasteiger partial charge is 0.497 e. The number of amidine groups is 1. The molecule has 0 spiro atoms. The Morgan fingerprint density at radius 3 is 2.28 bits per heavy atom. The Balaban J connectivity index is 1.26. The second-order valence-electron chi connectivity index (χ2n) is 11.5. The normalized spacial score (nSPS) is 15.3. The van der Waals surface area contributed by atoms with Crippen molar-refractivity contribution in [3.63, 3.8) is 0 Å². The number of hydrogen-bond donors (Lipinski definition) is 0. The van der Waals surface area contributed by atoms with Crippen LogP contribution in [-0.2, 0) is 11.2 Å². The Morgan fingerprint density at radius 2 is 1.57 bits per heavy atom. The summed E-state index contributed by atoms with van der Waals surface area (Å²) in [5.41, 5.74) is 7.59. The number of nitrogens with zero attached hydrogens (tertiary/aromatic N) is 5. The summed E-state index contributed by atoms with van der Waals surface area (Å²) in [6, 6.07) is 29.9. The molecule has 2 aliphatic rings. The molecule has 0 N–H and O–H groups in total. The number of benzene rings is 4. The van der Waals surface area contributed by atoms with Gasteiger partial charge in [-0.2, -0.15) is 5.10 Å². The van der Waals surface area contributed by atoms with Crippen LogP contribution in [0.1, 0.15) is 28.4 Å². The van der Waals surface area contributed by atoms with Crippen molar-refractivity contribution >= 4 is 23.4 Å². The van der Waals surface area contributed by atoms with Crippen molar-refractivity contribution < 1.29 is 19.0 Å². The highest BCUT2D eigenvalue weighted by Crippen LogP contribution is 2.44. The minimum atomic E-state index is -0.315. The summed E-state index contributed by atoms with van der Waals surface area (Å²) >= 11 is 0. The van der Waals surface area contributed by atoms with Gasteiger partial charge in [-0.25, -0.2) is 9.69 Å². The first-order chi connectivity index (χ1) is 23.0. The number of hydrazone groups is 1. The molecule has 0 saturated heterocycles. The quantitative estimate of drug-likeness (QED) is 0.166. The van der Waals surface area contributed by atoms with Crippen LogP contribution in [0.15, 0.2) is 108 Å². The molecular formula is C38H35N5O4. The van der Waals surface area contributed by atoms with Crippen molar-refractivity contribution in [1.29, 1.82) is 0 Å². The maximum atomic E-state index is 14.1. The standard InChI is InChI=1S/C38H35N5O4/c1-25-10-15-30(16-11-25)43-38-32-23-35(47-4)34(46-3)22-27(32)20-21-41(38)37(40-43)33(44)19-14-28-24-42(29-8-6-5-7-9-29)39-36(28)26-12-17-31(45-2)18-13-26/h5-19,22-24,38H,20-21H2,1-4H3/b19-14+. The molecule has 9 nitrogen and oxygen atoms in total. The van der Waals surface area contributed by atoms with Crippen molar-refractivity contribution in [3.05, 3.63) is 126 Å². The molecule has 236 valence electrons. The smallest absolute Gasteiger partial charge is 0.222 e. The SMILES string of the molecule is COc1ccc(-c2nn(-c3ccccc3)cc2/C=C/C(=O)C2=NN(c3ccc(C)cc3)C3c4cc(OC)c(OC)cc4CCN23)cc1. The van der Waals surface area contributed by atoms with Gasteiger partial charge in [-0.1, -0.05) is 35.9 Å². The van der Waals surface area contributed by atoms with E-state index in [1.165, 1.54) is 0 Å². The van der Waals surface area contributed by atoms with Gasteiger partial charge in [0.05, 0.1) is 38.4 Å². The number of ketones is 1. The minimum Gasteiger partial charge on any atom is -0.497 e. The number of carbonyl (C=O) groups excluding carboxylic acids is 1. The summed E-state index contributed by atoms with van der Waals surface area (Å²) < 4.78 is 18.5. The minimum absolute atomic E-state index is 0.193. The van der Waals surface area contributed by atoms with Crippen LogP contribution in [-0.4, -0.2) is 54.2 Å². The molecule has 47 heavy (non-hydrogen) atoms. The van der Waals surface area contributed by atoms with Crippen molar-refractivity contribution in [3.8, 4) is 34.2 Å². The molecule has 9 heteroatoms. The molecule has 0 radical (unpaired) electrons. The molecule has 7 rings (SSSR count). The monoisotopic (exact) mass is 625 g/mol. The van der Waals surface area contributed by atoms with E-state index >= 15 is 0 Å². The third-order valence-electron chi connectivity index (χ3n) is 8.61. The number of carbonyl (C=O) groups is 1. The van der Waals surface area contributed by atoms with Gasteiger partial charge in [0.15, 0.2) is 23.5 Å². The lowest BCUT2D eigenvalue weighted by Crippen LogP contribution is -2.42. The maximum absolute atomic E-state index is 14.1. The van der Waals surface area contributed by atoms with E-state index in [1.54, 1.807) is 27.4 Å². The molecule has 1 unspecified atom stereocenters. The van der Waals surface area contributed by atoms with E-state index in [4.69, 9.17) is 24.4 Å². The molecule has 0 bridgehead atoms. The predicted octanol–water partition coefficient (Wildman–Crippen LogP) is 6.85. The number of aryl methyl sites for hydroxylation is 1. The highest BCUT2D eigenvalue weighted by atomic mass is 16.5. The molecule has 0 amide bonds. The van der Waals surface area contributed by atoms with Crippen molar-refractivity contribution in [2.75, 3.05) is 32.9 Å². The molecule has 4 aromatic carbocycles. The number of rotatable bonds is 9. The van der Waals surface area contributed by atoms with Gasteiger partial charge in [0.25, 0.3) is 0 Å². The predicted molar refractivity (Wildman–Crippen MR) is 183 cm³/mol. The molecule has 5 aromatic rings. The van der Waals surface area contributed by atoms with Crippen LogP contribution >= 0.6 is 0 Å². The number of hydrogen-bond acceptors (Lipinski definition) is 8. The van der Waals surface area contributed by atoms with Crippen molar-refractivity contribution in [2.24, 2.45) is 5.10 Å². The van der Waals surface area contributed by atoms with Crippen molar-refractivity contribution in [1.82, 2.24) is 14.7 Å². The Hall–Kier alpha value is -5.83. The average molecular weight is 626 g/mol. The number of methoxy groups -OCH3 is 3. The Kier molecular flexibility index (Phi) is 7.95. The molecule has 1 aromatic heterocycles. The number of anilines is 1. The summed E-state index contributed by atoms with van der Waals surface area (Å²) in [6.07, 6.45) is 5.77. The molecule has 2 aliphatic heterocycles. The summed E-state index contributed by atoms with van der Waals surface area (Å²) in [7, 11) is 4.92. The van der Waals surface area contributed by atoms with Gasteiger partial charge in [-0.3, -0.25) is 4.79 Å². The lowest BCUT2D eigenvalue weighted by molar-refractivity contribution is -0.109. The first kappa shape index (κ1) is 29.9. The van der Waals surface area contributed by atoms with Gasteiger partial charge in [0.2, 0.25) is 5.78 Å². The van der Waals surface area contributed by atoms with Crippen molar-refractivity contribution in [2.45, 2.75) is 19.5 Å². The fourth-order valence-electron chi connectivity index (χ4n) is 6.15. The summed E-state index contributed by atoms with van der Waals surface area (Å²) in [5.74, 6) is 2.27.